The molecule has 4 heteroatoms. The van der Waals surface area contributed by atoms with Crippen molar-refractivity contribution in [3.8, 4) is 0 Å². The van der Waals surface area contributed by atoms with Gasteiger partial charge in [-0.25, -0.2) is 0 Å². The van der Waals surface area contributed by atoms with Gasteiger partial charge in [0.05, 0.1) is 16.9 Å². The van der Waals surface area contributed by atoms with Crippen molar-refractivity contribution in [2.24, 2.45) is 0 Å². The predicted octanol–water partition coefficient (Wildman–Crippen LogP) is 3.84. The number of aryl methyl sites for hydroxylation is 1. The maximum Gasteiger partial charge on any atom is 0.0817 e. The Hall–Kier alpha value is -1.32. The molecule has 2 aromatic rings. The van der Waals surface area contributed by atoms with Crippen molar-refractivity contribution < 1.29 is 0 Å². The average Bonchev–Trinajstić information content (AvgIpc) is 2.82. The van der Waals surface area contributed by atoms with E-state index in [1.165, 1.54) is 5.56 Å². The average molecular weight is 292 g/mol. The molecule has 1 unspecified atom stereocenters. The van der Waals surface area contributed by atoms with E-state index in [0.29, 0.717) is 6.04 Å². The number of halogens is 1. The number of nitrogens with zero attached hydrogens (tertiary/aromatic N) is 2. The van der Waals surface area contributed by atoms with Crippen LogP contribution >= 0.6 is 11.6 Å². The first-order valence-electron chi connectivity index (χ1n) is 7.18. The zero-order valence-corrected chi connectivity index (χ0v) is 12.9. The Morgan fingerprint density at radius 1 is 1.30 bits per heavy atom. The molecule has 0 saturated heterocycles. The maximum atomic E-state index is 6.25. The summed E-state index contributed by atoms with van der Waals surface area (Å²) in [5.41, 5.74) is 2.46. The lowest BCUT2D eigenvalue weighted by Gasteiger charge is -2.17. The highest BCUT2D eigenvalue weighted by atomic mass is 35.5. The van der Waals surface area contributed by atoms with Crippen LogP contribution in [0.1, 0.15) is 37.1 Å². The summed E-state index contributed by atoms with van der Waals surface area (Å²) in [6.45, 7) is 3.08. The van der Waals surface area contributed by atoms with Crippen LogP contribution in [0.5, 0.6) is 0 Å². The van der Waals surface area contributed by atoms with Gasteiger partial charge in [0, 0.05) is 12.6 Å². The monoisotopic (exact) mass is 291 g/mol. The Balaban J connectivity index is 2.05. The smallest absolute Gasteiger partial charge is 0.0817 e. The molecule has 1 aromatic carbocycles. The van der Waals surface area contributed by atoms with Gasteiger partial charge in [0.15, 0.2) is 0 Å². The summed E-state index contributed by atoms with van der Waals surface area (Å²) in [5, 5.41) is 8.50. The number of nitrogens with one attached hydrogen (secondary N) is 1. The molecule has 0 fully saturated rings. The fourth-order valence-corrected chi connectivity index (χ4v) is 2.72. The molecule has 3 nitrogen and oxygen atoms in total. The second-order valence-electron chi connectivity index (χ2n) is 4.95. The van der Waals surface area contributed by atoms with Gasteiger partial charge in [-0.05, 0) is 31.9 Å². The van der Waals surface area contributed by atoms with Crippen molar-refractivity contribution in [3.05, 3.63) is 52.8 Å². The quantitative estimate of drug-likeness (QED) is 0.840. The first-order valence-corrected chi connectivity index (χ1v) is 7.56. The minimum atomic E-state index is 0.345. The molecule has 1 heterocycles. The van der Waals surface area contributed by atoms with Crippen molar-refractivity contribution in [3.63, 3.8) is 0 Å². The summed E-state index contributed by atoms with van der Waals surface area (Å²) < 4.78 is 2.03. The Bertz CT molecular complexity index is 522. The summed E-state index contributed by atoms with van der Waals surface area (Å²) >= 11 is 6.25. The molecule has 1 N–H and O–H groups in total. The van der Waals surface area contributed by atoms with Crippen molar-refractivity contribution in [1.29, 1.82) is 0 Å². The number of benzene rings is 1. The van der Waals surface area contributed by atoms with Crippen LogP contribution < -0.4 is 5.32 Å². The molecule has 20 heavy (non-hydrogen) atoms. The topological polar surface area (TPSA) is 29.9 Å². The minimum Gasteiger partial charge on any atom is -0.313 e. The molecule has 2 rings (SSSR count). The first-order chi connectivity index (χ1) is 9.76. The van der Waals surface area contributed by atoms with E-state index in [9.17, 15) is 0 Å². The highest BCUT2D eigenvalue weighted by molar-refractivity contribution is 6.31. The molecule has 0 radical (unpaired) electrons. The van der Waals surface area contributed by atoms with Crippen LogP contribution in [0.2, 0.25) is 5.02 Å². The third-order valence-corrected chi connectivity index (χ3v) is 3.87. The van der Waals surface area contributed by atoms with Crippen LogP contribution in [0, 0.1) is 0 Å². The Labute approximate surface area is 126 Å². The van der Waals surface area contributed by atoms with E-state index in [2.05, 4.69) is 41.6 Å². The maximum absolute atomic E-state index is 6.25. The van der Waals surface area contributed by atoms with Gasteiger partial charge in [-0.15, -0.1) is 0 Å². The zero-order valence-electron chi connectivity index (χ0n) is 12.1. The highest BCUT2D eigenvalue weighted by Gasteiger charge is 2.13. The molecule has 0 aliphatic carbocycles. The highest BCUT2D eigenvalue weighted by Crippen LogP contribution is 2.22. The number of rotatable bonds is 7. The van der Waals surface area contributed by atoms with Gasteiger partial charge in [0.25, 0.3) is 0 Å². The summed E-state index contributed by atoms with van der Waals surface area (Å²) in [4.78, 5) is 0. The normalized spacial score (nSPS) is 12.6. The van der Waals surface area contributed by atoms with Gasteiger partial charge in [0.1, 0.15) is 0 Å². The third kappa shape index (κ3) is 3.62. The minimum absolute atomic E-state index is 0.345. The summed E-state index contributed by atoms with van der Waals surface area (Å²) in [7, 11) is 2.00. The first kappa shape index (κ1) is 15.1. The lowest BCUT2D eigenvalue weighted by atomic mass is 10.0. The van der Waals surface area contributed by atoms with Gasteiger partial charge in [-0.1, -0.05) is 48.9 Å². The van der Waals surface area contributed by atoms with Gasteiger partial charge in [-0.2, -0.15) is 5.10 Å². The molecule has 0 aliphatic heterocycles. The molecule has 1 atom stereocenters. The number of hydrogen-bond acceptors (Lipinski definition) is 2. The van der Waals surface area contributed by atoms with Crippen LogP contribution in [0.25, 0.3) is 0 Å². The molecule has 1 aromatic heterocycles. The van der Waals surface area contributed by atoms with E-state index in [1.807, 2.05) is 17.8 Å². The largest absolute Gasteiger partial charge is 0.313 e. The molecule has 0 amide bonds. The molecule has 0 aliphatic rings. The van der Waals surface area contributed by atoms with Crippen LogP contribution in [-0.4, -0.2) is 16.8 Å². The van der Waals surface area contributed by atoms with Gasteiger partial charge < -0.3 is 5.32 Å². The van der Waals surface area contributed by atoms with Crippen LogP contribution in [0.3, 0.4) is 0 Å². The van der Waals surface area contributed by atoms with Gasteiger partial charge in [0.2, 0.25) is 0 Å². The zero-order chi connectivity index (χ0) is 14.4. The Morgan fingerprint density at radius 2 is 2.05 bits per heavy atom. The van der Waals surface area contributed by atoms with Crippen LogP contribution in [-0.2, 0) is 13.0 Å². The molecular weight excluding hydrogens is 270 g/mol. The summed E-state index contributed by atoms with van der Waals surface area (Å²) in [5.74, 6) is 0. The second-order valence-corrected chi connectivity index (χ2v) is 5.36. The van der Waals surface area contributed by atoms with Crippen molar-refractivity contribution in [2.45, 2.75) is 38.8 Å². The molecule has 0 saturated carbocycles. The number of hydrogen-bond donors (Lipinski definition) is 1. The lowest BCUT2D eigenvalue weighted by Crippen LogP contribution is -2.18. The van der Waals surface area contributed by atoms with Crippen LogP contribution in [0.4, 0.5) is 0 Å². The fourth-order valence-electron chi connectivity index (χ4n) is 2.48. The second kappa shape index (κ2) is 7.46. The third-order valence-electron chi connectivity index (χ3n) is 3.55. The SMILES string of the molecule is CCCn1ncc(Cl)c1CCC(NC)c1ccccc1. The Morgan fingerprint density at radius 3 is 2.70 bits per heavy atom. The van der Waals surface area contributed by atoms with E-state index in [4.69, 9.17) is 11.6 Å². The molecular formula is C16H22ClN3. The molecule has 0 bridgehead atoms. The number of aromatic nitrogens is 2. The van der Waals surface area contributed by atoms with E-state index in [1.54, 1.807) is 6.20 Å². The molecule has 108 valence electrons. The van der Waals surface area contributed by atoms with E-state index < -0.39 is 0 Å². The van der Waals surface area contributed by atoms with Crippen LogP contribution in [0.15, 0.2) is 36.5 Å². The Kier molecular flexibility index (Phi) is 5.62. The van der Waals surface area contributed by atoms with Gasteiger partial charge >= 0.3 is 0 Å². The lowest BCUT2D eigenvalue weighted by molar-refractivity contribution is 0.516. The summed E-state index contributed by atoms with van der Waals surface area (Å²) in [6.07, 6.45) is 4.76. The van der Waals surface area contributed by atoms with Crippen molar-refractivity contribution >= 4 is 11.6 Å². The van der Waals surface area contributed by atoms with E-state index in [-0.39, 0.29) is 0 Å². The van der Waals surface area contributed by atoms with Crippen molar-refractivity contribution in [1.82, 2.24) is 15.1 Å². The predicted molar refractivity (Wildman–Crippen MR) is 84.1 cm³/mol. The standard InChI is InChI=1S/C16H22ClN3/c1-3-11-20-16(14(17)12-19-20)10-9-15(18-2)13-7-5-4-6-8-13/h4-8,12,15,18H,3,9-11H2,1-2H3. The molecule has 0 spiro atoms. The van der Waals surface area contributed by atoms with Crippen molar-refractivity contribution in [2.75, 3.05) is 7.05 Å². The van der Waals surface area contributed by atoms with Gasteiger partial charge in [-0.3, -0.25) is 4.68 Å². The van der Waals surface area contributed by atoms with E-state index >= 15 is 0 Å². The van der Waals surface area contributed by atoms with E-state index in [0.717, 1.165) is 36.5 Å². The summed E-state index contributed by atoms with van der Waals surface area (Å²) in [6, 6.07) is 10.9. The fraction of sp³-hybridized carbons (Fsp3) is 0.438.